The van der Waals surface area contributed by atoms with Gasteiger partial charge in [-0.3, -0.25) is 4.79 Å². The molecule has 2 aromatic rings. The molecule has 0 spiro atoms. The zero-order valence-electron chi connectivity index (χ0n) is 16.4. The highest BCUT2D eigenvalue weighted by Crippen LogP contribution is 2.19. The smallest absolute Gasteiger partial charge is 0.238 e. The largest absolute Gasteiger partial charge is 0.332 e. The maximum atomic E-state index is 13.1. The number of amides is 1. The summed E-state index contributed by atoms with van der Waals surface area (Å²) in [6, 6.07) is 13.6. The van der Waals surface area contributed by atoms with Crippen molar-refractivity contribution < 1.29 is 13.2 Å². The van der Waals surface area contributed by atoms with Crippen molar-refractivity contribution in [2.45, 2.75) is 46.3 Å². The second-order valence-electron chi connectivity index (χ2n) is 6.81. The van der Waals surface area contributed by atoms with Gasteiger partial charge in [0.15, 0.2) is 0 Å². The van der Waals surface area contributed by atoms with E-state index < -0.39 is 10.0 Å². The van der Waals surface area contributed by atoms with Gasteiger partial charge in [-0.1, -0.05) is 37.3 Å². The van der Waals surface area contributed by atoms with Crippen molar-refractivity contribution >= 4 is 27.3 Å². The van der Waals surface area contributed by atoms with Gasteiger partial charge in [0, 0.05) is 22.3 Å². The summed E-state index contributed by atoms with van der Waals surface area (Å²) in [5.41, 5.74) is 1.02. The highest BCUT2D eigenvalue weighted by atomic mass is 32.2. The van der Waals surface area contributed by atoms with E-state index in [4.69, 9.17) is 0 Å². The summed E-state index contributed by atoms with van der Waals surface area (Å²) < 4.78 is 25.6. The van der Waals surface area contributed by atoms with Crippen molar-refractivity contribution in [3.05, 3.63) is 57.8 Å². The number of carbonyl (C=O) groups is 1. The summed E-state index contributed by atoms with van der Waals surface area (Å²) in [5.74, 6) is -0.185. The fourth-order valence-corrected chi connectivity index (χ4v) is 4.89. The Bertz CT molecular complexity index is 847. The first-order valence-corrected chi connectivity index (χ1v) is 11.7. The molecule has 0 radical (unpaired) electrons. The van der Waals surface area contributed by atoms with Gasteiger partial charge < -0.3 is 4.90 Å². The SMILES string of the molecule is CCC(C)N(CC(=O)N(Cc1ccccc1)Cc1ccc(C)s1)S(C)(=O)=O. The van der Waals surface area contributed by atoms with Crippen LogP contribution in [0.2, 0.25) is 0 Å². The Morgan fingerprint density at radius 3 is 2.30 bits per heavy atom. The first-order chi connectivity index (χ1) is 12.7. The first kappa shape index (κ1) is 21.6. The maximum Gasteiger partial charge on any atom is 0.238 e. The van der Waals surface area contributed by atoms with Gasteiger partial charge in [0.05, 0.1) is 19.3 Å². The number of aryl methyl sites for hydroxylation is 1. The zero-order chi connectivity index (χ0) is 20.0. The van der Waals surface area contributed by atoms with E-state index in [0.29, 0.717) is 19.5 Å². The molecule has 0 N–H and O–H groups in total. The topological polar surface area (TPSA) is 57.7 Å². The van der Waals surface area contributed by atoms with Crippen LogP contribution in [0.15, 0.2) is 42.5 Å². The lowest BCUT2D eigenvalue weighted by molar-refractivity contribution is -0.133. The number of hydrogen-bond acceptors (Lipinski definition) is 4. The van der Waals surface area contributed by atoms with Crippen LogP contribution in [-0.4, -0.2) is 42.4 Å². The van der Waals surface area contributed by atoms with Crippen molar-refractivity contribution in [2.24, 2.45) is 0 Å². The van der Waals surface area contributed by atoms with Gasteiger partial charge in [0.25, 0.3) is 0 Å². The Morgan fingerprint density at radius 2 is 1.78 bits per heavy atom. The third-order valence-electron chi connectivity index (χ3n) is 4.51. The molecule has 0 saturated carbocycles. The van der Waals surface area contributed by atoms with E-state index in [1.165, 1.54) is 9.18 Å². The molecule has 0 aliphatic carbocycles. The third kappa shape index (κ3) is 6.45. The number of nitrogens with zero attached hydrogens (tertiary/aromatic N) is 2. The van der Waals surface area contributed by atoms with E-state index in [1.54, 1.807) is 16.2 Å². The molecule has 148 valence electrons. The van der Waals surface area contributed by atoms with Crippen molar-refractivity contribution in [1.29, 1.82) is 0 Å². The number of thiophene rings is 1. The molecule has 1 aromatic carbocycles. The van der Waals surface area contributed by atoms with Crippen LogP contribution in [0.4, 0.5) is 0 Å². The van der Waals surface area contributed by atoms with E-state index in [2.05, 4.69) is 0 Å². The van der Waals surface area contributed by atoms with Gasteiger partial charge in [0.2, 0.25) is 15.9 Å². The average molecular weight is 409 g/mol. The second-order valence-corrected chi connectivity index (χ2v) is 10.1. The Labute approximate surface area is 166 Å². The summed E-state index contributed by atoms with van der Waals surface area (Å²) in [7, 11) is -3.46. The van der Waals surface area contributed by atoms with E-state index in [9.17, 15) is 13.2 Å². The molecular weight excluding hydrogens is 380 g/mol. The molecule has 7 heteroatoms. The molecule has 0 aliphatic heterocycles. The first-order valence-electron chi connectivity index (χ1n) is 9.04. The Balaban J connectivity index is 2.23. The lowest BCUT2D eigenvalue weighted by Crippen LogP contribution is -2.45. The van der Waals surface area contributed by atoms with Crippen LogP contribution in [0.25, 0.3) is 0 Å². The number of hydrogen-bond donors (Lipinski definition) is 0. The van der Waals surface area contributed by atoms with Gasteiger partial charge >= 0.3 is 0 Å². The number of rotatable bonds is 9. The van der Waals surface area contributed by atoms with Crippen LogP contribution in [0.1, 0.15) is 35.6 Å². The molecule has 5 nitrogen and oxygen atoms in total. The van der Waals surface area contributed by atoms with Gasteiger partial charge in [0.1, 0.15) is 0 Å². The molecule has 2 rings (SSSR count). The molecule has 0 fully saturated rings. The lowest BCUT2D eigenvalue weighted by Gasteiger charge is -2.29. The lowest BCUT2D eigenvalue weighted by atomic mass is 10.2. The van der Waals surface area contributed by atoms with Gasteiger partial charge in [-0.05, 0) is 38.0 Å². The molecule has 0 aliphatic rings. The highest BCUT2D eigenvalue weighted by molar-refractivity contribution is 7.88. The van der Waals surface area contributed by atoms with Crippen molar-refractivity contribution in [3.63, 3.8) is 0 Å². The van der Waals surface area contributed by atoms with Crippen LogP contribution < -0.4 is 0 Å². The molecule has 1 heterocycles. The Morgan fingerprint density at radius 1 is 1.11 bits per heavy atom. The van der Waals surface area contributed by atoms with Gasteiger partial charge in [-0.25, -0.2) is 8.42 Å². The second kappa shape index (κ2) is 9.48. The van der Waals surface area contributed by atoms with Crippen LogP contribution in [-0.2, 0) is 27.9 Å². The van der Waals surface area contributed by atoms with Crippen LogP contribution in [0.5, 0.6) is 0 Å². The summed E-state index contributed by atoms with van der Waals surface area (Å²) in [4.78, 5) is 17.1. The summed E-state index contributed by atoms with van der Waals surface area (Å²) in [6.07, 6.45) is 1.82. The van der Waals surface area contributed by atoms with Crippen molar-refractivity contribution in [1.82, 2.24) is 9.21 Å². The third-order valence-corrected chi connectivity index (χ3v) is 6.84. The van der Waals surface area contributed by atoms with Crippen LogP contribution in [0, 0.1) is 6.92 Å². The fraction of sp³-hybridized carbons (Fsp3) is 0.450. The Hall–Kier alpha value is -1.70. The minimum absolute atomic E-state index is 0.134. The number of benzene rings is 1. The summed E-state index contributed by atoms with van der Waals surface area (Å²) >= 11 is 1.65. The monoisotopic (exact) mass is 408 g/mol. The van der Waals surface area contributed by atoms with E-state index >= 15 is 0 Å². The quantitative estimate of drug-likeness (QED) is 0.636. The molecule has 27 heavy (non-hydrogen) atoms. The minimum Gasteiger partial charge on any atom is -0.332 e. The standard InChI is InChI=1S/C20H28N2O3S2/c1-5-16(2)22(27(4,24)25)15-20(23)21(13-18-9-7-6-8-10-18)14-19-12-11-17(3)26-19/h6-12,16H,5,13-15H2,1-4H3. The van der Waals surface area contributed by atoms with Gasteiger partial charge in [-0.2, -0.15) is 4.31 Å². The Kier molecular flexibility index (Phi) is 7.59. The predicted molar refractivity (Wildman–Crippen MR) is 111 cm³/mol. The van der Waals surface area contributed by atoms with Crippen LogP contribution >= 0.6 is 11.3 Å². The normalized spacial score (nSPS) is 12.9. The van der Waals surface area contributed by atoms with Gasteiger partial charge in [-0.15, -0.1) is 11.3 Å². The average Bonchev–Trinajstić information content (AvgIpc) is 3.03. The molecule has 1 atom stereocenters. The summed E-state index contributed by atoms with van der Waals surface area (Å²) in [5, 5.41) is 0. The number of sulfonamides is 1. The van der Waals surface area contributed by atoms with Crippen molar-refractivity contribution in [2.75, 3.05) is 12.8 Å². The van der Waals surface area contributed by atoms with Crippen molar-refractivity contribution in [3.8, 4) is 0 Å². The molecule has 1 amide bonds. The maximum absolute atomic E-state index is 13.1. The minimum atomic E-state index is -3.46. The number of carbonyl (C=O) groups excluding carboxylic acids is 1. The van der Waals surface area contributed by atoms with E-state index in [0.717, 1.165) is 16.7 Å². The predicted octanol–water partition coefficient (Wildman–Crippen LogP) is 3.65. The molecule has 1 aromatic heterocycles. The molecular formula is C20H28N2O3S2. The van der Waals surface area contributed by atoms with E-state index in [1.807, 2.05) is 63.2 Å². The molecule has 0 saturated heterocycles. The highest BCUT2D eigenvalue weighted by Gasteiger charge is 2.27. The fourth-order valence-electron chi connectivity index (χ4n) is 2.83. The molecule has 1 unspecified atom stereocenters. The summed E-state index contributed by atoms with van der Waals surface area (Å²) in [6.45, 7) is 6.58. The van der Waals surface area contributed by atoms with E-state index in [-0.39, 0.29) is 18.5 Å². The van der Waals surface area contributed by atoms with Crippen LogP contribution in [0.3, 0.4) is 0 Å². The zero-order valence-corrected chi connectivity index (χ0v) is 18.0. The molecule has 0 bridgehead atoms.